The van der Waals surface area contributed by atoms with Gasteiger partial charge in [0.25, 0.3) is 5.91 Å². The van der Waals surface area contributed by atoms with Gasteiger partial charge < -0.3 is 20.1 Å². The summed E-state index contributed by atoms with van der Waals surface area (Å²) < 4.78 is 65.6. The summed E-state index contributed by atoms with van der Waals surface area (Å²) in [5.74, 6) is -4.59. The van der Waals surface area contributed by atoms with Crippen molar-refractivity contribution in [3.8, 4) is 0 Å². The van der Waals surface area contributed by atoms with Crippen LogP contribution >= 0.6 is 0 Å². The molecule has 14 nitrogen and oxygen atoms in total. The highest BCUT2D eigenvalue weighted by atomic mass is 32.2. The zero-order valence-electron chi connectivity index (χ0n) is 34.4. The van der Waals surface area contributed by atoms with Crippen LogP contribution in [0.25, 0.3) is 0 Å². The summed E-state index contributed by atoms with van der Waals surface area (Å²) in [4.78, 5) is 71.1. The van der Waals surface area contributed by atoms with Gasteiger partial charge in [0, 0.05) is 31.5 Å². The number of aryl methyl sites for hydroxylation is 1. The number of fused-ring (bicyclic) bond motifs is 3. The average molecular weight is 866 g/mol. The largest absolute Gasteiger partial charge is 0.490 e. The first kappa shape index (κ1) is 45.3. The van der Waals surface area contributed by atoms with Crippen molar-refractivity contribution in [2.24, 2.45) is 11.8 Å². The molecule has 3 heterocycles. The first-order valence-corrected chi connectivity index (χ1v) is 22.8. The van der Waals surface area contributed by atoms with E-state index in [1.807, 2.05) is 7.05 Å². The van der Waals surface area contributed by atoms with E-state index < -0.39 is 75.0 Å². The van der Waals surface area contributed by atoms with Crippen molar-refractivity contribution in [2.45, 2.75) is 158 Å². The molecule has 60 heavy (non-hydrogen) atoms. The molecule has 3 aliphatic carbocycles. The second-order valence-electron chi connectivity index (χ2n) is 17.5. The van der Waals surface area contributed by atoms with E-state index in [4.69, 9.17) is 14.6 Å². The van der Waals surface area contributed by atoms with Crippen molar-refractivity contribution in [3.05, 3.63) is 47.5 Å². The summed E-state index contributed by atoms with van der Waals surface area (Å²) in [7, 11) is -1.83. The third-order valence-corrected chi connectivity index (χ3v) is 15.1. The number of carboxylic acid groups (broad SMARTS) is 1. The average Bonchev–Trinajstić information content (AvgIpc) is 4.09. The highest BCUT2D eigenvalue weighted by molar-refractivity contribution is 7.91. The van der Waals surface area contributed by atoms with Crippen molar-refractivity contribution in [2.75, 3.05) is 13.6 Å². The number of hydrogen-bond acceptors (Lipinski definition) is 9. The van der Waals surface area contributed by atoms with Gasteiger partial charge >= 0.3 is 18.2 Å². The number of amides is 4. The number of hydrogen-bond donors (Lipinski definition) is 3. The third-order valence-electron chi connectivity index (χ3n) is 13.2. The molecule has 6 aliphatic rings. The molecule has 3 saturated carbocycles. The van der Waals surface area contributed by atoms with Crippen LogP contribution in [-0.4, -0.2) is 113 Å². The molecule has 7 rings (SSSR count). The molecule has 1 saturated heterocycles. The van der Waals surface area contributed by atoms with Crippen molar-refractivity contribution in [1.82, 2.24) is 24.7 Å². The number of carbonyl (C=O) groups is 5. The number of alkyl halides is 3. The van der Waals surface area contributed by atoms with E-state index in [9.17, 15) is 36.0 Å². The molecule has 3 N–H and O–H groups in total. The summed E-state index contributed by atoms with van der Waals surface area (Å²) in [5.41, 5.74) is 2.09. The molecule has 4 bridgehead atoms. The third kappa shape index (κ3) is 10.3. The summed E-state index contributed by atoms with van der Waals surface area (Å²) >= 11 is 0. The van der Waals surface area contributed by atoms with Crippen LogP contribution in [0.3, 0.4) is 0 Å². The molecule has 6 atom stereocenters. The molecule has 0 radical (unpaired) electrons. The van der Waals surface area contributed by atoms with Crippen LogP contribution in [-0.2, 0) is 53.4 Å². The van der Waals surface area contributed by atoms with Gasteiger partial charge in [-0.05, 0) is 87.9 Å². The van der Waals surface area contributed by atoms with E-state index >= 15 is 4.79 Å². The van der Waals surface area contributed by atoms with Crippen LogP contribution in [0.1, 0.15) is 114 Å². The fraction of sp³-hybridized carbons (Fsp3) is 0.690. The molecule has 18 heteroatoms. The normalized spacial score (nSPS) is 29.5. The molecular formula is C42H58F3N5O9S. The molecule has 4 fully saturated rings. The summed E-state index contributed by atoms with van der Waals surface area (Å²) in [6.45, 7) is 6.96. The quantitative estimate of drug-likeness (QED) is 0.309. The van der Waals surface area contributed by atoms with Crippen LogP contribution in [0.2, 0.25) is 0 Å². The molecule has 0 unspecified atom stereocenters. The van der Waals surface area contributed by atoms with Crippen molar-refractivity contribution >= 4 is 39.8 Å². The monoisotopic (exact) mass is 865 g/mol. The van der Waals surface area contributed by atoms with Gasteiger partial charge in [-0.25, -0.2) is 18.0 Å². The number of carboxylic acids is 1. The molecule has 0 aromatic heterocycles. The predicted molar refractivity (Wildman–Crippen MR) is 213 cm³/mol. The minimum Gasteiger partial charge on any atom is -0.475 e. The van der Waals surface area contributed by atoms with E-state index in [-0.39, 0.29) is 37.3 Å². The number of carbonyl (C=O) groups excluding carboxylic acids is 4. The molecule has 4 amide bonds. The molecule has 1 aromatic carbocycles. The van der Waals surface area contributed by atoms with E-state index in [1.165, 1.54) is 11.1 Å². The van der Waals surface area contributed by atoms with Gasteiger partial charge in [-0.3, -0.25) is 28.9 Å². The maximum Gasteiger partial charge on any atom is 0.490 e. The number of benzene rings is 1. The topological polar surface area (TPSA) is 183 Å². The lowest BCUT2D eigenvalue weighted by molar-refractivity contribution is -0.192. The standard InChI is InChI=1S/C40H57N5O7S.C2HF3O2/c1-4-30-22-40(30,38(48)42-53(50,51)32-19-20-32)41-36(46)34-21-31-24-45(34)37(47)35(28-15-10-7-11-16-28)43(3)26(2)13-8-5-6-9-14-27-17-12-18-29-23-44(25-33(27)29)39(49)52-31;3-2(4,5)1(6)7/h4,12,17-18,26,28,30-32,34-35H,1,5-11,13-16,19-25H2,2-3H3,(H,41,46)(H,42,48);(H,6,7)/t26-,30-,31-,34+,35+,40-;/m1./s1. The Morgan fingerprint density at radius 1 is 0.967 bits per heavy atom. The van der Waals surface area contributed by atoms with Crippen LogP contribution < -0.4 is 10.0 Å². The fourth-order valence-electron chi connectivity index (χ4n) is 9.38. The number of sulfonamides is 1. The first-order valence-electron chi connectivity index (χ1n) is 21.2. The minimum atomic E-state index is -5.08. The SMILES string of the molecule is C=C[C@@H]1C[C@]1(NC(=O)[C@@H]1C[C@@H]2CN1C(=O)[C@H](C1CCCCC1)N(C)[C@H](C)CCCCCCc1cccc3c1CN(C3)C(=O)O2)C(=O)NS(=O)(=O)C1CC1.O=C(O)C(F)(F)F. The van der Waals surface area contributed by atoms with E-state index in [1.54, 1.807) is 15.9 Å². The molecule has 1 aromatic rings. The van der Waals surface area contributed by atoms with Crippen molar-refractivity contribution < 1.29 is 55.4 Å². The van der Waals surface area contributed by atoms with E-state index in [0.29, 0.717) is 25.9 Å². The van der Waals surface area contributed by atoms with Gasteiger partial charge in [-0.15, -0.1) is 6.58 Å². The molecule has 3 aliphatic heterocycles. The number of rotatable bonds is 7. The Kier molecular flexibility index (Phi) is 13.9. The zero-order chi connectivity index (χ0) is 43.6. The molecule has 332 valence electrons. The lowest BCUT2D eigenvalue weighted by Crippen LogP contribution is -2.59. The lowest BCUT2D eigenvalue weighted by atomic mass is 9.82. The summed E-state index contributed by atoms with van der Waals surface area (Å²) in [5, 5.41) is 9.41. The maximum absolute atomic E-state index is 15.0. The smallest absolute Gasteiger partial charge is 0.475 e. The van der Waals surface area contributed by atoms with Gasteiger partial charge in [0.15, 0.2) is 0 Å². The molecule has 0 spiro atoms. The van der Waals surface area contributed by atoms with Crippen LogP contribution in [0, 0.1) is 11.8 Å². The van der Waals surface area contributed by atoms with Gasteiger partial charge in [-0.1, -0.05) is 62.8 Å². The van der Waals surface area contributed by atoms with Crippen LogP contribution in [0.5, 0.6) is 0 Å². The summed E-state index contributed by atoms with van der Waals surface area (Å²) in [6.07, 6.45) is 7.87. The number of halogens is 3. The maximum atomic E-state index is 15.0. The minimum absolute atomic E-state index is 0.0558. The number of nitrogens with one attached hydrogen (secondary N) is 2. The van der Waals surface area contributed by atoms with Crippen LogP contribution in [0.15, 0.2) is 30.9 Å². The Bertz CT molecular complexity index is 1920. The predicted octanol–water partition coefficient (Wildman–Crippen LogP) is 5.19. The first-order chi connectivity index (χ1) is 28.4. The Balaban J connectivity index is 0.000000793. The van der Waals surface area contributed by atoms with Gasteiger partial charge in [0.1, 0.15) is 17.7 Å². The Morgan fingerprint density at radius 3 is 2.23 bits per heavy atom. The van der Waals surface area contributed by atoms with Crippen molar-refractivity contribution in [1.29, 1.82) is 0 Å². The van der Waals surface area contributed by atoms with Gasteiger partial charge in [-0.2, -0.15) is 13.2 Å². The van der Waals surface area contributed by atoms with Crippen molar-refractivity contribution in [3.63, 3.8) is 0 Å². The highest BCUT2D eigenvalue weighted by Crippen LogP contribution is 2.46. The fourth-order valence-corrected chi connectivity index (χ4v) is 10.7. The second-order valence-corrected chi connectivity index (χ2v) is 19.4. The molecular weight excluding hydrogens is 808 g/mol. The zero-order valence-corrected chi connectivity index (χ0v) is 35.2. The van der Waals surface area contributed by atoms with Crippen LogP contribution in [0.4, 0.5) is 18.0 Å². The number of nitrogens with zero attached hydrogens (tertiary/aromatic N) is 3. The Morgan fingerprint density at radius 2 is 1.60 bits per heavy atom. The number of aliphatic carboxylic acids is 1. The highest BCUT2D eigenvalue weighted by Gasteiger charge is 2.62. The summed E-state index contributed by atoms with van der Waals surface area (Å²) in [6, 6.07) is 4.95. The van der Waals surface area contributed by atoms with E-state index in [0.717, 1.165) is 76.2 Å². The number of ether oxygens (including phenoxy) is 1. The number of likely N-dealkylation sites (N-methyl/N-ethyl adjacent to an activating group) is 1. The van der Waals surface area contributed by atoms with E-state index in [2.05, 4.69) is 46.6 Å². The second kappa shape index (κ2) is 18.4. The Labute approximate surface area is 349 Å². The Hall–Kier alpha value is -4.19. The lowest BCUT2D eigenvalue weighted by Gasteiger charge is -2.41. The van der Waals surface area contributed by atoms with Gasteiger partial charge in [0.05, 0.1) is 17.8 Å². The van der Waals surface area contributed by atoms with Gasteiger partial charge in [0.2, 0.25) is 21.8 Å².